The molecular weight excluding hydrogens is 362 g/mol. The summed E-state index contributed by atoms with van der Waals surface area (Å²) in [7, 11) is 0. The Morgan fingerprint density at radius 1 is 1.17 bits per heavy atom. The maximum atomic E-state index is 13.2. The zero-order chi connectivity index (χ0) is 16.3. The van der Waals surface area contributed by atoms with E-state index in [4.69, 9.17) is 11.6 Å². The summed E-state index contributed by atoms with van der Waals surface area (Å²) in [5, 5.41) is 2.99. The molecule has 0 aromatic heterocycles. The average Bonchev–Trinajstić information content (AvgIpc) is 2.45. The van der Waals surface area contributed by atoms with Crippen LogP contribution in [0.5, 0.6) is 0 Å². The van der Waals surface area contributed by atoms with Crippen molar-refractivity contribution in [3.8, 4) is 0 Å². The van der Waals surface area contributed by atoms with Gasteiger partial charge in [-0.1, -0.05) is 17.7 Å². The number of nitrogens with one attached hydrogen (secondary N) is 1. The Kier molecular flexibility index (Phi) is 7.51. The molecule has 1 saturated heterocycles. The summed E-state index contributed by atoms with van der Waals surface area (Å²) >= 11 is 5.65. The Morgan fingerprint density at radius 3 is 2.30 bits per heavy atom. The number of nitrogens with zero attached hydrogens (tertiary/aromatic N) is 1. The highest BCUT2D eigenvalue weighted by molar-refractivity contribution is 6.30. The van der Waals surface area contributed by atoms with Crippen molar-refractivity contribution in [1.29, 1.82) is 0 Å². The van der Waals surface area contributed by atoms with Gasteiger partial charge < -0.3 is 5.32 Å². The standard InChI is InChI=1S/C14H16ClF5N2.ClH/c15-9-1-2-10(11(7-9)14(18,19)20)12(8-13(16)17)22-5-3-21-4-6-22;/h1-2,7,12-13,21H,3-6,8H2;1H/t12-;/m1./s1. The van der Waals surface area contributed by atoms with Crippen molar-refractivity contribution in [3.63, 3.8) is 0 Å². The maximum Gasteiger partial charge on any atom is 0.416 e. The van der Waals surface area contributed by atoms with Crippen LogP contribution in [0.15, 0.2) is 18.2 Å². The SMILES string of the molecule is Cl.FC(F)C[C@H](c1ccc(Cl)cc1C(F)(F)F)N1CCNCC1. The molecule has 1 N–H and O–H groups in total. The molecule has 132 valence electrons. The van der Waals surface area contributed by atoms with Gasteiger partial charge in [0.2, 0.25) is 6.43 Å². The van der Waals surface area contributed by atoms with Gasteiger partial charge >= 0.3 is 6.18 Å². The van der Waals surface area contributed by atoms with Gasteiger partial charge in [0, 0.05) is 43.7 Å². The van der Waals surface area contributed by atoms with Crippen LogP contribution in [0, 0.1) is 0 Å². The molecule has 1 heterocycles. The number of hydrogen-bond acceptors (Lipinski definition) is 2. The first-order valence-electron chi connectivity index (χ1n) is 6.88. The van der Waals surface area contributed by atoms with E-state index >= 15 is 0 Å². The van der Waals surface area contributed by atoms with Gasteiger partial charge in [-0.25, -0.2) is 8.78 Å². The van der Waals surface area contributed by atoms with E-state index in [0.717, 1.165) is 6.07 Å². The van der Waals surface area contributed by atoms with Crippen LogP contribution in [-0.2, 0) is 6.18 Å². The molecular formula is C14H17Cl2F5N2. The van der Waals surface area contributed by atoms with Crippen LogP contribution in [0.25, 0.3) is 0 Å². The van der Waals surface area contributed by atoms with Crippen LogP contribution >= 0.6 is 24.0 Å². The summed E-state index contributed by atoms with van der Waals surface area (Å²) in [6.45, 7) is 1.98. The number of hydrogen-bond donors (Lipinski definition) is 1. The third-order valence-corrected chi connectivity index (χ3v) is 3.91. The molecule has 1 fully saturated rings. The van der Waals surface area contributed by atoms with Gasteiger partial charge in [0.05, 0.1) is 5.56 Å². The highest BCUT2D eigenvalue weighted by Gasteiger charge is 2.37. The fourth-order valence-electron chi connectivity index (χ4n) is 2.70. The monoisotopic (exact) mass is 378 g/mol. The van der Waals surface area contributed by atoms with Crippen molar-refractivity contribution in [2.75, 3.05) is 26.2 Å². The second-order valence-electron chi connectivity index (χ2n) is 5.16. The first-order valence-corrected chi connectivity index (χ1v) is 7.26. The fraction of sp³-hybridized carbons (Fsp3) is 0.571. The van der Waals surface area contributed by atoms with Crippen LogP contribution in [0.3, 0.4) is 0 Å². The minimum atomic E-state index is -4.63. The molecule has 0 amide bonds. The van der Waals surface area contributed by atoms with Gasteiger partial charge in [-0.15, -0.1) is 12.4 Å². The molecule has 1 aromatic rings. The van der Waals surface area contributed by atoms with Gasteiger partial charge in [-0.3, -0.25) is 4.90 Å². The molecule has 0 bridgehead atoms. The summed E-state index contributed by atoms with van der Waals surface area (Å²) in [4.78, 5) is 1.67. The molecule has 1 aliphatic heterocycles. The predicted molar refractivity (Wildman–Crippen MR) is 81.5 cm³/mol. The molecule has 0 unspecified atom stereocenters. The number of rotatable bonds is 4. The molecule has 0 spiro atoms. The van der Waals surface area contributed by atoms with Gasteiger partial charge in [0.1, 0.15) is 0 Å². The number of piperazine rings is 1. The van der Waals surface area contributed by atoms with E-state index in [0.29, 0.717) is 26.2 Å². The van der Waals surface area contributed by atoms with Crippen LogP contribution in [0.4, 0.5) is 22.0 Å². The first-order chi connectivity index (χ1) is 10.3. The smallest absolute Gasteiger partial charge is 0.314 e. The van der Waals surface area contributed by atoms with Crippen molar-refractivity contribution >= 4 is 24.0 Å². The second-order valence-corrected chi connectivity index (χ2v) is 5.59. The molecule has 0 saturated carbocycles. The van der Waals surface area contributed by atoms with Gasteiger partial charge in [0.15, 0.2) is 0 Å². The third kappa shape index (κ3) is 5.45. The molecule has 1 atom stereocenters. The fourth-order valence-corrected chi connectivity index (χ4v) is 2.87. The largest absolute Gasteiger partial charge is 0.416 e. The summed E-state index contributed by atoms with van der Waals surface area (Å²) in [6, 6.07) is 2.35. The Balaban J connectivity index is 0.00000264. The topological polar surface area (TPSA) is 15.3 Å². The summed E-state index contributed by atoms with van der Waals surface area (Å²) in [5.74, 6) is 0. The van der Waals surface area contributed by atoms with E-state index in [1.54, 1.807) is 4.90 Å². The zero-order valence-electron chi connectivity index (χ0n) is 12.0. The average molecular weight is 379 g/mol. The lowest BCUT2D eigenvalue weighted by Gasteiger charge is -2.36. The highest BCUT2D eigenvalue weighted by Crippen LogP contribution is 2.39. The normalized spacial score (nSPS) is 17.9. The van der Waals surface area contributed by atoms with E-state index in [2.05, 4.69) is 5.32 Å². The van der Waals surface area contributed by atoms with Crippen molar-refractivity contribution in [2.45, 2.75) is 25.1 Å². The number of halogens is 7. The molecule has 1 aromatic carbocycles. The van der Waals surface area contributed by atoms with Crippen LogP contribution < -0.4 is 5.32 Å². The molecule has 0 radical (unpaired) electrons. The van der Waals surface area contributed by atoms with E-state index in [-0.39, 0.29) is 23.0 Å². The Bertz CT molecular complexity index is 504. The Morgan fingerprint density at radius 2 is 1.78 bits per heavy atom. The van der Waals surface area contributed by atoms with Crippen molar-refractivity contribution in [3.05, 3.63) is 34.3 Å². The predicted octanol–water partition coefficient (Wildman–Crippen LogP) is 4.38. The van der Waals surface area contributed by atoms with Gasteiger partial charge in [-0.05, 0) is 17.7 Å². The molecule has 0 aliphatic carbocycles. The molecule has 2 rings (SSSR count). The lowest BCUT2D eigenvalue weighted by atomic mass is 9.95. The van der Waals surface area contributed by atoms with Crippen molar-refractivity contribution < 1.29 is 22.0 Å². The Hall–Kier alpha value is -0.630. The summed E-state index contributed by atoms with van der Waals surface area (Å²) < 4.78 is 65.4. The summed E-state index contributed by atoms with van der Waals surface area (Å²) in [6.07, 6.45) is -7.95. The molecule has 1 aliphatic rings. The van der Waals surface area contributed by atoms with E-state index in [1.807, 2.05) is 0 Å². The lowest BCUT2D eigenvalue weighted by molar-refractivity contribution is -0.139. The molecule has 2 nitrogen and oxygen atoms in total. The van der Waals surface area contributed by atoms with Crippen molar-refractivity contribution in [2.24, 2.45) is 0 Å². The maximum absolute atomic E-state index is 13.2. The lowest BCUT2D eigenvalue weighted by Crippen LogP contribution is -2.45. The molecule has 9 heteroatoms. The van der Waals surface area contributed by atoms with E-state index < -0.39 is 30.6 Å². The van der Waals surface area contributed by atoms with Gasteiger partial charge in [0.25, 0.3) is 0 Å². The highest BCUT2D eigenvalue weighted by atomic mass is 35.5. The first kappa shape index (κ1) is 20.4. The third-order valence-electron chi connectivity index (χ3n) is 3.67. The molecule has 23 heavy (non-hydrogen) atoms. The Labute approximate surface area is 142 Å². The quantitative estimate of drug-likeness (QED) is 0.782. The van der Waals surface area contributed by atoms with E-state index in [9.17, 15) is 22.0 Å². The van der Waals surface area contributed by atoms with Crippen LogP contribution in [0.1, 0.15) is 23.6 Å². The van der Waals surface area contributed by atoms with Crippen LogP contribution in [0.2, 0.25) is 5.02 Å². The number of alkyl halides is 5. The van der Waals surface area contributed by atoms with Crippen LogP contribution in [-0.4, -0.2) is 37.5 Å². The zero-order valence-corrected chi connectivity index (χ0v) is 13.6. The number of benzene rings is 1. The van der Waals surface area contributed by atoms with Crippen molar-refractivity contribution in [1.82, 2.24) is 10.2 Å². The van der Waals surface area contributed by atoms with Gasteiger partial charge in [-0.2, -0.15) is 13.2 Å². The minimum Gasteiger partial charge on any atom is -0.314 e. The summed E-state index contributed by atoms with van der Waals surface area (Å²) in [5.41, 5.74) is -1.08. The minimum absolute atomic E-state index is 0. The van der Waals surface area contributed by atoms with E-state index in [1.165, 1.54) is 12.1 Å². The second kappa shape index (κ2) is 8.46.